The van der Waals surface area contributed by atoms with Crippen LogP contribution in [0, 0.1) is 6.92 Å². The van der Waals surface area contributed by atoms with Gasteiger partial charge in [0.15, 0.2) is 0 Å². The van der Waals surface area contributed by atoms with Crippen molar-refractivity contribution in [2.24, 2.45) is 7.05 Å². The average Bonchev–Trinajstić information content (AvgIpc) is 2.61. The molecular weight excluding hydrogens is 326 g/mol. The predicted molar refractivity (Wildman–Crippen MR) is 76.7 cm³/mol. The number of aryl methyl sites for hydroxylation is 2. The molecule has 0 fully saturated rings. The Kier molecular flexibility index (Phi) is 4.39. The SMILES string of the molecule is Cc1nn(C)c(Cl)c1CNc1c(Cl)cccc1C(F)(F)F. The summed E-state index contributed by atoms with van der Waals surface area (Å²) in [7, 11) is 1.66. The normalized spacial score (nSPS) is 11.8. The van der Waals surface area contributed by atoms with E-state index in [9.17, 15) is 13.2 Å². The molecule has 1 aromatic carbocycles. The third-order valence-corrected chi connectivity index (χ3v) is 3.82. The number of rotatable bonds is 3. The van der Waals surface area contributed by atoms with E-state index in [0.29, 0.717) is 16.4 Å². The van der Waals surface area contributed by atoms with Crippen LogP contribution in [0.1, 0.15) is 16.8 Å². The maximum absolute atomic E-state index is 13.0. The summed E-state index contributed by atoms with van der Waals surface area (Å²) in [6.45, 7) is 1.84. The third-order valence-electron chi connectivity index (χ3n) is 3.03. The number of nitrogens with zero attached hydrogens (tertiary/aromatic N) is 2. The van der Waals surface area contributed by atoms with Crippen molar-refractivity contribution >= 4 is 28.9 Å². The second-order valence-electron chi connectivity index (χ2n) is 4.49. The predicted octanol–water partition coefficient (Wildman–Crippen LogP) is 4.67. The Hall–Kier alpha value is -1.40. The minimum Gasteiger partial charge on any atom is -0.379 e. The molecule has 0 saturated carbocycles. The van der Waals surface area contributed by atoms with Gasteiger partial charge in [-0.1, -0.05) is 29.3 Å². The molecule has 0 saturated heterocycles. The Balaban J connectivity index is 2.32. The summed E-state index contributed by atoms with van der Waals surface area (Å²) >= 11 is 11.9. The molecule has 1 N–H and O–H groups in total. The van der Waals surface area contributed by atoms with Crippen molar-refractivity contribution in [1.29, 1.82) is 0 Å². The van der Waals surface area contributed by atoms with E-state index in [4.69, 9.17) is 23.2 Å². The summed E-state index contributed by atoms with van der Waals surface area (Å²) < 4.78 is 40.4. The number of anilines is 1. The van der Waals surface area contributed by atoms with Gasteiger partial charge < -0.3 is 5.32 Å². The molecule has 1 heterocycles. The molecule has 2 rings (SSSR count). The Bertz CT molecular complexity index is 665. The molecule has 0 amide bonds. The summed E-state index contributed by atoms with van der Waals surface area (Å²) in [6.07, 6.45) is -4.49. The van der Waals surface area contributed by atoms with Crippen LogP contribution < -0.4 is 5.32 Å². The molecule has 0 unspecified atom stereocenters. The standard InChI is InChI=1S/C13H12Cl2F3N3/c1-7-8(12(15)21(2)20-7)6-19-11-9(13(16,17)18)4-3-5-10(11)14/h3-5,19H,6H2,1-2H3. The van der Waals surface area contributed by atoms with Gasteiger partial charge >= 0.3 is 6.18 Å². The molecule has 0 radical (unpaired) electrons. The van der Waals surface area contributed by atoms with Gasteiger partial charge in [-0.3, -0.25) is 4.68 Å². The van der Waals surface area contributed by atoms with Crippen LogP contribution >= 0.6 is 23.2 Å². The zero-order chi connectivity index (χ0) is 15.8. The zero-order valence-corrected chi connectivity index (χ0v) is 12.7. The second kappa shape index (κ2) is 5.77. The van der Waals surface area contributed by atoms with Gasteiger partial charge in [-0.05, 0) is 19.1 Å². The van der Waals surface area contributed by atoms with Crippen molar-refractivity contribution in [2.45, 2.75) is 19.6 Å². The molecule has 21 heavy (non-hydrogen) atoms. The Morgan fingerprint density at radius 2 is 1.95 bits per heavy atom. The molecular formula is C13H12Cl2F3N3. The number of alkyl halides is 3. The highest BCUT2D eigenvalue weighted by molar-refractivity contribution is 6.33. The molecule has 8 heteroatoms. The monoisotopic (exact) mass is 337 g/mol. The summed E-state index contributed by atoms with van der Waals surface area (Å²) in [4.78, 5) is 0. The van der Waals surface area contributed by atoms with Gasteiger partial charge in [0.05, 0.1) is 22.0 Å². The Morgan fingerprint density at radius 3 is 2.48 bits per heavy atom. The highest BCUT2D eigenvalue weighted by atomic mass is 35.5. The number of halogens is 5. The molecule has 0 spiro atoms. The van der Waals surface area contributed by atoms with Crippen molar-refractivity contribution in [3.05, 3.63) is 45.2 Å². The summed E-state index contributed by atoms with van der Waals surface area (Å²) in [6, 6.07) is 3.64. The topological polar surface area (TPSA) is 29.9 Å². The molecule has 114 valence electrons. The van der Waals surface area contributed by atoms with E-state index in [2.05, 4.69) is 10.4 Å². The van der Waals surface area contributed by atoms with Crippen molar-refractivity contribution in [3.8, 4) is 0 Å². The van der Waals surface area contributed by atoms with Gasteiger partial charge in [0.1, 0.15) is 5.15 Å². The summed E-state index contributed by atoms with van der Waals surface area (Å²) in [5.41, 5.74) is 0.307. The van der Waals surface area contributed by atoms with E-state index >= 15 is 0 Å². The lowest BCUT2D eigenvalue weighted by molar-refractivity contribution is -0.136. The van der Waals surface area contributed by atoms with Crippen LogP contribution in [0.4, 0.5) is 18.9 Å². The number of para-hydroxylation sites is 1. The number of aromatic nitrogens is 2. The zero-order valence-electron chi connectivity index (χ0n) is 11.2. The fourth-order valence-electron chi connectivity index (χ4n) is 1.99. The van der Waals surface area contributed by atoms with Crippen LogP contribution in [0.3, 0.4) is 0 Å². The lowest BCUT2D eigenvalue weighted by Gasteiger charge is -2.16. The van der Waals surface area contributed by atoms with E-state index in [1.165, 1.54) is 16.8 Å². The van der Waals surface area contributed by atoms with Gasteiger partial charge in [0.25, 0.3) is 0 Å². The molecule has 0 aliphatic heterocycles. The van der Waals surface area contributed by atoms with Crippen LogP contribution in [-0.4, -0.2) is 9.78 Å². The number of benzene rings is 1. The number of hydrogen-bond acceptors (Lipinski definition) is 2. The van der Waals surface area contributed by atoms with Gasteiger partial charge in [0, 0.05) is 19.2 Å². The highest BCUT2D eigenvalue weighted by Crippen LogP contribution is 2.38. The minimum absolute atomic E-state index is 0.00231. The van der Waals surface area contributed by atoms with E-state index < -0.39 is 11.7 Å². The molecule has 3 nitrogen and oxygen atoms in total. The van der Waals surface area contributed by atoms with E-state index in [1.807, 2.05) is 0 Å². The average molecular weight is 338 g/mol. The smallest absolute Gasteiger partial charge is 0.379 e. The first-order valence-electron chi connectivity index (χ1n) is 5.99. The molecule has 1 aromatic heterocycles. The maximum Gasteiger partial charge on any atom is 0.418 e. The van der Waals surface area contributed by atoms with Gasteiger partial charge in [0.2, 0.25) is 0 Å². The van der Waals surface area contributed by atoms with E-state index in [0.717, 1.165) is 6.07 Å². The molecule has 0 aliphatic carbocycles. The third kappa shape index (κ3) is 3.27. The fraction of sp³-hybridized carbons (Fsp3) is 0.308. The van der Waals surface area contributed by atoms with Crippen LogP contribution in [0.25, 0.3) is 0 Å². The van der Waals surface area contributed by atoms with Crippen LogP contribution in [0.15, 0.2) is 18.2 Å². The molecule has 0 aliphatic rings. The fourth-order valence-corrected chi connectivity index (χ4v) is 2.47. The van der Waals surface area contributed by atoms with E-state index in [1.54, 1.807) is 14.0 Å². The molecule has 0 bridgehead atoms. The first-order chi connectivity index (χ1) is 9.71. The van der Waals surface area contributed by atoms with Crippen LogP contribution in [0.2, 0.25) is 10.2 Å². The van der Waals surface area contributed by atoms with Gasteiger partial charge in [-0.25, -0.2) is 0 Å². The first kappa shape index (κ1) is 16.0. The number of hydrogen-bond donors (Lipinski definition) is 1. The number of nitrogens with one attached hydrogen (secondary N) is 1. The Morgan fingerprint density at radius 1 is 1.29 bits per heavy atom. The first-order valence-corrected chi connectivity index (χ1v) is 6.75. The van der Waals surface area contributed by atoms with Crippen molar-refractivity contribution in [1.82, 2.24) is 9.78 Å². The lowest BCUT2D eigenvalue weighted by atomic mass is 10.1. The molecule has 0 atom stereocenters. The lowest BCUT2D eigenvalue weighted by Crippen LogP contribution is -2.11. The van der Waals surface area contributed by atoms with Crippen LogP contribution in [-0.2, 0) is 19.8 Å². The van der Waals surface area contributed by atoms with Crippen molar-refractivity contribution in [2.75, 3.05) is 5.32 Å². The maximum atomic E-state index is 13.0. The van der Waals surface area contributed by atoms with E-state index in [-0.39, 0.29) is 17.3 Å². The largest absolute Gasteiger partial charge is 0.418 e. The highest BCUT2D eigenvalue weighted by Gasteiger charge is 2.34. The summed E-state index contributed by atoms with van der Waals surface area (Å²) in [5, 5.41) is 7.19. The molecule has 2 aromatic rings. The van der Waals surface area contributed by atoms with Gasteiger partial charge in [-0.15, -0.1) is 0 Å². The quantitative estimate of drug-likeness (QED) is 0.882. The van der Waals surface area contributed by atoms with Gasteiger partial charge in [-0.2, -0.15) is 18.3 Å². The minimum atomic E-state index is -4.49. The van der Waals surface area contributed by atoms with Crippen molar-refractivity contribution < 1.29 is 13.2 Å². The second-order valence-corrected chi connectivity index (χ2v) is 5.26. The van der Waals surface area contributed by atoms with Crippen molar-refractivity contribution in [3.63, 3.8) is 0 Å². The summed E-state index contributed by atoms with van der Waals surface area (Å²) in [5.74, 6) is 0. The van der Waals surface area contributed by atoms with Crippen LogP contribution in [0.5, 0.6) is 0 Å². The Labute approximate surface area is 129 Å².